The van der Waals surface area contributed by atoms with Crippen molar-refractivity contribution in [3.63, 3.8) is 0 Å². The highest BCUT2D eigenvalue weighted by Crippen LogP contribution is 2.36. The molecule has 2 heterocycles. The van der Waals surface area contributed by atoms with Crippen molar-refractivity contribution in [2.75, 3.05) is 6.54 Å². The number of hydrogen-bond donors (Lipinski definition) is 1. The zero-order valence-electron chi connectivity index (χ0n) is 9.12. The minimum Gasteiger partial charge on any atom is -0.310 e. The molecule has 1 aromatic rings. The second-order valence-corrected chi connectivity index (χ2v) is 5.59. The normalized spacial score (nSPS) is 28.7. The van der Waals surface area contributed by atoms with Gasteiger partial charge in [-0.2, -0.15) is 0 Å². The fourth-order valence-electron chi connectivity index (χ4n) is 2.77. The Kier molecular flexibility index (Phi) is 2.82. The first kappa shape index (κ1) is 10.5. The second-order valence-electron chi connectivity index (χ2n) is 4.67. The van der Waals surface area contributed by atoms with Crippen molar-refractivity contribution in [2.24, 2.45) is 5.92 Å². The Morgan fingerprint density at radius 1 is 1.38 bits per heavy atom. The van der Waals surface area contributed by atoms with Crippen molar-refractivity contribution < 1.29 is 0 Å². The third kappa shape index (κ3) is 1.94. The molecule has 2 nitrogen and oxygen atoms in total. The first-order valence-corrected chi connectivity index (χ1v) is 6.67. The molecule has 0 aromatic carbocycles. The lowest BCUT2D eigenvalue weighted by molar-refractivity contribution is 0.341. The zero-order valence-corrected chi connectivity index (χ0v) is 10.7. The SMILES string of the molecule is Brc1cncc(C2=C[C@@H]3NCCC[C@@H]3C2)c1. The molecule has 0 spiro atoms. The number of fused-ring (bicyclic) bond motifs is 1. The minimum atomic E-state index is 0.600. The summed E-state index contributed by atoms with van der Waals surface area (Å²) < 4.78 is 1.06. The van der Waals surface area contributed by atoms with Gasteiger partial charge in [0.15, 0.2) is 0 Å². The lowest BCUT2D eigenvalue weighted by Gasteiger charge is -2.25. The second kappa shape index (κ2) is 4.30. The number of halogens is 1. The summed E-state index contributed by atoms with van der Waals surface area (Å²) in [5.74, 6) is 0.808. The van der Waals surface area contributed by atoms with Crippen LogP contribution in [0, 0.1) is 5.92 Å². The average molecular weight is 279 g/mol. The van der Waals surface area contributed by atoms with Gasteiger partial charge < -0.3 is 5.32 Å². The van der Waals surface area contributed by atoms with Gasteiger partial charge in [-0.3, -0.25) is 4.98 Å². The van der Waals surface area contributed by atoms with Crippen molar-refractivity contribution in [3.8, 4) is 0 Å². The Labute approximate surface area is 104 Å². The van der Waals surface area contributed by atoms with Crippen LogP contribution in [0.15, 0.2) is 29.0 Å². The van der Waals surface area contributed by atoms with E-state index >= 15 is 0 Å². The molecule has 1 saturated heterocycles. The van der Waals surface area contributed by atoms with Crippen molar-refractivity contribution in [1.29, 1.82) is 0 Å². The van der Waals surface area contributed by atoms with Crippen LogP contribution >= 0.6 is 15.9 Å². The number of nitrogens with one attached hydrogen (secondary N) is 1. The number of piperidine rings is 1. The van der Waals surface area contributed by atoms with Crippen LogP contribution in [-0.4, -0.2) is 17.6 Å². The van der Waals surface area contributed by atoms with Gasteiger partial charge in [0.2, 0.25) is 0 Å². The molecule has 2 aliphatic rings. The zero-order chi connectivity index (χ0) is 11.0. The maximum absolute atomic E-state index is 4.24. The van der Waals surface area contributed by atoms with E-state index in [-0.39, 0.29) is 0 Å². The third-order valence-electron chi connectivity index (χ3n) is 3.58. The van der Waals surface area contributed by atoms with Crippen LogP contribution in [0.2, 0.25) is 0 Å². The van der Waals surface area contributed by atoms with Crippen LogP contribution in [0.3, 0.4) is 0 Å². The van der Waals surface area contributed by atoms with E-state index in [1.54, 1.807) is 0 Å². The van der Waals surface area contributed by atoms with Crippen LogP contribution < -0.4 is 5.32 Å². The molecule has 0 unspecified atom stereocenters. The molecule has 1 aliphatic heterocycles. The first-order valence-electron chi connectivity index (χ1n) is 5.88. The smallest absolute Gasteiger partial charge is 0.0410 e. The summed E-state index contributed by atoms with van der Waals surface area (Å²) in [4.78, 5) is 4.24. The lowest BCUT2D eigenvalue weighted by atomic mass is 9.92. The Hall–Kier alpha value is -0.670. The molecular weight excluding hydrogens is 264 g/mol. The summed E-state index contributed by atoms with van der Waals surface area (Å²) >= 11 is 3.48. The maximum atomic E-state index is 4.24. The van der Waals surface area contributed by atoms with Gasteiger partial charge in [-0.15, -0.1) is 0 Å². The summed E-state index contributed by atoms with van der Waals surface area (Å²) in [6.45, 7) is 1.17. The number of nitrogens with zero attached hydrogens (tertiary/aromatic N) is 1. The monoisotopic (exact) mass is 278 g/mol. The highest BCUT2D eigenvalue weighted by atomic mass is 79.9. The van der Waals surface area contributed by atoms with E-state index < -0.39 is 0 Å². The largest absolute Gasteiger partial charge is 0.310 e. The van der Waals surface area contributed by atoms with E-state index in [0.29, 0.717) is 6.04 Å². The van der Waals surface area contributed by atoms with E-state index in [1.165, 1.54) is 36.9 Å². The molecule has 0 saturated carbocycles. The summed E-state index contributed by atoms with van der Waals surface area (Å²) in [7, 11) is 0. The Morgan fingerprint density at radius 2 is 2.31 bits per heavy atom. The van der Waals surface area contributed by atoms with Gasteiger partial charge in [0.25, 0.3) is 0 Å². The van der Waals surface area contributed by atoms with Gasteiger partial charge in [0.1, 0.15) is 0 Å². The van der Waals surface area contributed by atoms with Crippen LogP contribution in [-0.2, 0) is 0 Å². The molecule has 0 bridgehead atoms. The van der Waals surface area contributed by atoms with Crippen LogP contribution in [0.1, 0.15) is 24.8 Å². The number of allylic oxidation sites excluding steroid dienone is 1. The average Bonchev–Trinajstić information content (AvgIpc) is 2.72. The Bertz CT molecular complexity index is 428. The Morgan fingerprint density at radius 3 is 3.12 bits per heavy atom. The molecule has 16 heavy (non-hydrogen) atoms. The first-order chi connectivity index (χ1) is 7.83. The molecule has 1 aliphatic carbocycles. The predicted octanol–water partition coefficient (Wildman–Crippen LogP) is 3.00. The number of rotatable bonds is 1. The number of aromatic nitrogens is 1. The third-order valence-corrected chi connectivity index (χ3v) is 4.01. The van der Waals surface area contributed by atoms with Gasteiger partial charge in [0, 0.05) is 22.9 Å². The molecule has 84 valence electrons. The van der Waals surface area contributed by atoms with Crippen LogP contribution in [0.4, 0.5) is 0 Å². The summed E-state index contributed by atoms with van der Waals surface area (Å²) in [6.07, 6.45) is 10.1. The molecule has 1 N–H and O–H groups in total. The van der Waals surface area contributed by atoms with E-state index in [1.807, 2.05) is 12.4 Å². The maximum Gasteiger partial charge on any atom is 0.0410 e. The fourth-order valence-corrected chi connectivity index (χ4v) is 3.14. The number of hydrogen-bond acceptors (Lipinski definition) is 2. The van der Waals surface area contributed by atoms with Crippen molar-refractivity contribution >= 4 is 21.5 Å². The molecule has 1 aromatic heterocycles. The predicted molar refractivity (Wildman–Crippen MR) is 69.0 cm³/mol. The topological polar surface area (TPSA) is 24.9 Å². The van der Waals surface area contributed by atoms with E-state index in [4.69, 9.17) is 0 Å². The molecular formula is C13H15BrN2. The van der Waals surface area contributed by atoms with Crippen molar-refractivity contribution in [1.82, 2.24) is 10.3 Å². The van der Waals surface area contributed by atoms with Crippen LogP contribution in [0.25, 0.3) is 5.57 Å². The molecule has 0 radical (unpaired) electrons. The summed E-state index contributed by atoms with van der Waals surface area (Å²) in [5.41, 5.74) is 2.73. The van der Waals surface area contributed by atoms with E-state index in [2.05, 4.69) is 38.4 Å². The minimum absolute atomic E-state index is 0.600. The van der Waals surface area contributed by atoms with Gasteiger partial charge in [0.05, 0.1) is 0 Å². The molecule has 3 heteroatoms. The number of pyridine rings is 1. The van der Waals surface area contributed by atoms with Crippen molar-refractivity contribution in [3.05, 3.63) is 34.6 Å². The Balaban J connectivity index is 1.86. The quantitative estimate of drug-likeness (QED) is 0.854. The van der Waals surface area contributed by atoms with Gasteiger partial charge in [-0.1, -0.05) is 6.08 Å². The molecule has 2 atom stereocenters. The summed E-state index contributed by atoms with van der Waals surface area (Å²) in [5, 5.41) is 3.59. The van der Waals surface area contributed by atoms with E-state index in [0.717, 1.165) is 10.4 Å². The van der Waals surface area contributed by atoms with Crippen molar-refractivity contribution in [2.45, 2.75) is 25.3 Å². The summed E-state index contributed by atoms with van der Waals surface area (Å²) in [6, 6.07) is 2.76. The van der Waals surface area contributed by atoms with Crippen LogP contribution in [0.5, 0.6) is 0 Å². The van der Waals surface area contributed by atoms with Gasteiger partial charge >= 0.3 is 0 Å². The van der Waals surface area contributed by atoms with Gasteiger partial charge in [-0.25, -0.2) is 0 Å². The fraction of sp³-hybridized carbons (Fsp3) is 0.462. The van der Waals surface area contributed by atoms with E-state index in [9.17, 15) is 0 Å². The standard InChI is InChI=1S/C13H15BrN2/c14-12-5-11(7-15-8-12)10-4-9-2-1-3-16-13(9)6-10/h5-9,13,16H,1-4H2/t9-,13+/m1/s1. The lowest BCUT2D eigenvalue weighted by Crippen LogP contribution is -2.37. The molecule has 1 fully saturated rings. The highest BCUT2D eigenvalue weighted by molar-refractivity contribution is 9.10. The molecule has 0 amide bonds. The van der Waals surface area contributed by atoms with Gasteiger partial charge in [-0.05, 0) is 64.9 Å². The molecule has 3 rings (SSSR count). The highest BCUT2D eigenvalue weighted by Gasteiger charge is 2.29.